The third kappa shape index (κ3) is 1.93. The Morgan fingerprint density at radius 3 is 2.94 bits per heavy atom. The van der Waals surface area contributed by atoms with Crippen molar-refractivity contribution in [1.82, 2.24) is 9.36 Å². The van der Waals surface area contributed by atoms with Gasteiger partial charge in [0.25, 0.3) is 0 Å². The van der Waals surface area contributed by atoms with Gasteiger partial charge in [0.05, 0.1) is 0 Å². The molecule has 3 nitrogen and oxygen atoms in total. The number of hydrogen-bond donors (Lipinski definition) is 1. The van der Waals surface area contributed by atoms with Crippen molar-refractivity contribution in [2.45, 2.75) is 32.2 Å². The lowest BCUT2D eigenvalue weighted by Crippen LogP contribution is -2.19. The van der Waals surface area contributed by atoms with Crippen molar-refractivity contribution in [3.8, 4) is 0 Å². The van der Waals surface area contributed by atoms with E-state index in [1.54, 1.807) is 0 Å². The van der Waals surface area contributed by atoms with Gasteiger partial charge in [0.15, 0.2) is 5.82 Å². The summed E-state index contributed by atoms with van der Waals surface area (Å²) in [4.78, 5) is 4.57. The summed E-state index contributed by atoms with van der Waals surface area (Å²) in [5.74, 6) is 1.38. The van der Waals surface area contributed by atoms with E-state index in [1.807, 2.05) is 0 Å². The molecule has 0 radical (unpaired) electrons. The summed E-state index contributed by atoms with van der Waals surface area (Å²) in [6.07, 6.45) is 1.08. The number of anilines is 1. The van der Waals surface area contributed by atoms with Crippen molar-refractivity contribution in [3.05, 3.63) is 41.2 Å². The monoisotopic (exact) mass is 245 g/mol. The number of rotatable bonds is 3. The topological polar surface area (TPSA) is 37.8 Å². The van der Waals surface area contributed by atoms with Crippen molar-refractivity contribution in [2.24, 2.45) is 0 Å². The van der Waals surface area contributed by atoms with Crippen molar-refractivity contribution in [2.75, 3.05) is 5.32 Å². The van der Waals surface area contributed by atoms with Crippen molar-refractivity contribution < 1.29 is 0 Å². The summed E-state index contributed by atoms with van der Waals surface area (Å²) in [6, 6.07) is 8.95. The third-order valence-corrected chi connectivity index (χ3v) is 3.68. The Morgan fingerprint density at radius 2 is 2.18 bits per heavy atom. The van der Waals surface area contributed by atoms with Gasteiger partial charge in [0, 0.05) is 23.5 Å². The second kappa shape index (κ2) is 4.11. The average Bonchev–Trinajstić information content (AvgIpc) is 2.67. The molecule has 0 bridgehead atoms. The molecular weight excluding hydrogens is 230 g/mol. The van der Waals surface area contributed by atoms with Gasteiger partial charge >= 0.3 is 0 Å². The lowest BCUT2D eigenvalue weighted by atomic mass is 9.77. The molecule has 1 aromatic carbocycles. The molecule has 17 heavy (non-hydrogen) atoms. The molecule has 2 aromatic rings. The summed E-state index contributed by atoms with van der Waals surface area (Å²) in [6.45, 7) is 4.22. The lowest BCUT2D eigenvalue weighted by Gasteiger charge is -2.27. The van der Waals surface area contributed by atoms with Gasteiger partial charge in [-0.2, -0.15) is 4.37 Å². The van der Waals surface area contributed by atoms with E-state index in [1.165, 1.54) is 22.7 Å². The van der Waals surface area contributed by atoms with Crippen molar-refractivity contribution in [1.29, 1.82) is 0 Å². The van der Waals surface area contributed by atoms with Crippen LogP contribution in [0.2, 0.25) is 0 Å². The van der Waals surface area contributed by atoms with Crippen LogP contribution < -0.4 is 5.32 Å². The van der Waals surface area contributed by atoms with Crippen LogP contribution in [0.5, 0.6) is 0 Å². The highest BCUT2D eigenvalue weighted by Gasteiger charge is 2.30. The number of fused-ring (bicyclic) bond motifs is 1. The number of aromatic nitrogens is 2. The van der Waals surface area contributed by atoms with E-state index in [4.69, 9.17) is 0 Å². The number of nitrogens with one attached hydrogen (secondary N) is 1. The minimum atomic E-state index is 0.407. The maximum absolute atomic E-state index is 4.57. The molecule has 1 aromatic heterocycles. The molecule has 0 aliphatic heterocycles. The zero-order chi connectivity index (χ0) is 11.8. The van der Waals surface area contributed by atoms with Crippen LogP contribution >= 0.6 is 11.5 Å². The summed E-state index contributed by atoms with van der Waals surface area (Å²) >= 11 is 1.46. The lowest BCUT2D eigenvalue weighted by molar-refractivity contribution is 0.671. The fourth-order valence-corrected chi connectivity index (χ4v) is 2.94. The minimum absolute atomic E-state index is 0.407. The van der Waals surface area contributed by atoms with Crippen molar-refractivity contribution >= 4 is 16.7 Å². The first-order valence-corrected chi connectivity index (χ1v) is 6.69. The number of benzene rings is 1. The number of nitrogens with zero attached hydrogens (tertiary/aromatic N) is 2. The molecule has 0 saturated carbocycles. The van der Waals surface area contributed by atoms with E-state index in [0.29, 0.717) is 12.0 Å². The Labute approximate surface area is 105 Å². The van der Waals surface area contributed by atoms with Gasteiger partial charge in [-0.05, 0) is 31.4 Å². The molecule has 3 rings (SSSR count). The second-order valence-corrected chi connectivity index (χ2v) is 5.46. The zero-order valence-electron chi connectivity index (χ0n) is 9.97. The van der Waals surface area contributed by atoms with Crippen LogP contribution in [0, 0.1) is 0 Å². The Bertz CT molecular complexity index is 533. The second-order valence-electron chi connectivity index (χ2n) is 4.71. The highest BCUT2D eigenvalue weighted by molar-refractivity contribution is 7.09. The van der Waals surface area contributed by atoms with E-state index in [2.05, 4.69) is 52.8 Å². The van der Waals surface area contributed by atoms with Gasteiger partial charge < -0.3 is 5.32 Å². The van der Waals surface area contributed by atoms with Crippen LogP contribution in [-0.2, 0) is 6.42 Å². The molecule has 1 atom stereocenters. The van der Waals surface area contributed by atoms with Gasteiger partial charge in [-0.1, -0.05) is 24.3 Å². The third-order valence-electron chi connectivity index (χ3n) is 3.02. The zero-order valence-corrected chi connectivity index (χ0v) is 10.8. The Morgan fingerprint density at radius 1 is 1.35 bits per heavy atom. The van der Waals surface area contributed by atoms with Gasteiger partial charge in [-0.3, -0.25) is 0 Å². The molecule has 1 heterocycles. The van der Waals surface area contributed by atoms with Crippen LogP contribution in [-0.4, -0.2) is 15.4 Å². The van der Waals surface area contributed by atoms with Crippen LogP contribution in [0.25, 0.3) is 0 Å². The molecule has 4 heteroatoms. The molecule has 0 spiro atoms. The van der Waals surface area contributed by atoms with Crippen LogP contribution in [0.3, 0.4) is 0 Å². The summed E-state index contributed by atoms with van der Waals surface area (Å²) in [7, 11) is 0. The molecule has 1 N–H and O–H groups in total. The van der Waals surface area contributed by atoms with Crippen LogP contribution in [0.15, 0.2) is 24.3 Å². The quantitative estimate of drug-likeness (QED) is 0.903. The Hall–Kier alpha value is -1.42. The molecule has 0 amide bonds. The maximum atomic E-state index is 4.57. The standard InChI is InChI=1S/C13H15N3S/c1-8(2)14-13-15-12(16-17-13)11-7-9-5-3-4-6-10(9)11/h3-6,8,11H,7H2,1-2H3,(H,14,15,16). The first kappa shape index (κ1) is 10.7. The van der Waals surface area contributed by atoms with Crippen LogP contribution in [0.1, 0.15) is 36.7 Å². The largest absolute Gasteiger partial charge is 0.358 e. The normalized spacial score (nSPS) is 17.7. The molecule has 88 valence electrons. The molecule has 1 aliphatic rings. The fraction of sp³-hybridized carbons (Fsp3) is 0.385. The Kier molecular flexibility index (Phi) is 2.59. The van der Waals surface area contributed by atoms with Crippen LogP contribution in [0.4, 0.5) is 5.13 Å². The van der Waals surface area contributed by atoms with E-state index in [0.717, 1.165) is 17.4 Å². The average molecular weight is 245 g/mol. The fourth-order valence-electron chi connectivity index (χ4n) is 2.17. The maximum Gasteiger partial charge on any atom is 0.202 e. The first-order chi connectivity index (χ1) is 8.24. The van der Waals surface area contributed by atoms with E-state index >= 15 is 0 Å². The summed E-state index contributed by atoms with van der Waals surface area (Å²) in [5.41, 5.74) is 2.83. The highest BCUT2D eigenvalue weighted by Crippen LogP contribution is 2.39. The predicted octanol–water partition coefficient (Wildman–Crippen LogP) is 3.05. The van der Waals surface area contributed by atoms with Gasteiger partial charge in [0.2, 0.25) is 5.13 Å². The van der Waals surface area contributed by atoms with E-state index in [-0.39, 0.29) is 0 Å². The summed E-state index contributed by atoms with van der Waals surface area (Å²) in [5, 5.41) is 4.23. The molecule has 0 saturated heterocycles. The SMILES string of the molecule is CC(C)Nc1nc(C2Cc3ccccc32)ns1. The molecule has 0 fully saturated rings. The molecule has 1 aliphatic carbocycles. The van der Waals surface area contributed by atoms with E-state index < -0.39 is 0 Å². The van der Waals surface area contributed by atoms with Crippen molar-refractivity contribution in [3.63, 3.8) is 0 Å². The van der Waals surface area contributed by atoms with Gasteiger partial charge in [0.1, 0.15) is 0 Å². The van der Waals surface area contributed by atoms with Gasteiger partial charge in [-0.25, -0.2) is 4.98 Å². The van der Waals surface area contributed by atoms with Gasteiger partial charge in [-0.15, -0.1) is 0 Å². The number of hydrogen-bond acceptors (Lipinski definition) is 4. The Balaban J connectivity index is 1.81. The smallest absolute Gasteiger partial charge is 0.202 e. The molecule has 1 unspecified atom stereocenters. The molecular formula is C13H15N3S. The predicted molar refractivity (Wildman–Crippen MR) is 70.7 cm³/mol. The van der Waals surface area contributed by atoms with E-state index in [9.17, 15) is 0 Å². The minimum Gasteiger partial charge on any atom is -0.358 e. The highest BCUT2D eigenvalue weighted by atomic mass is 32.1. The first-order valence-electron chi connectivity index (χ1n) is 5.92. The summed E-state index contributed by atoms with van der Waals surface area (Å²) < 4.78 is 4.46.